The van der Waals surface area contributed by atoms with Crippen LogP contribution in [-0.4, -0.2) is 28.2 Å². The number of halogens is 1. The molecule has 1 aliphatic rings. The van der Waals surface area contributed by atoms with E-state index in [4.69, 9.17) is 0 Å². The number of nitrogens with zero attached hydrogens (tertiary/aromatic N) is 1. The third-order valence-electron chi connectivity index (χ3n) is 1.65. The highest BCUT2D eigenvalue weighted by atomic mass is 79.9. The molecule has 0 radical (unpaired) electrons. The van der Waals surface area contributed by atoms with Gasteiger partial charge in [0.05, 0.1) is 11.4 Å². The lowest BCUT2D eigenvalue weighted by Crippen LogP contribution is -2.36. The molecule has 1 atom stereocenters. The number of rotatable bonds is 2. The van der Waals surface area contributed by atoms with Gasteiger partial charge in [0.1, 0.15) is 0 Å². The lowest BCUT2D eigenvalue weighted by molar-refractivity contribution is -0.119. The van der Waals surface area contributed by atoms with E-state index in [1.807, 2.05) is 13.8 Å². The zero-order valence-corrected chi connectivity index (χ0v) is 10.1. The molecular weight excluding hydrogens is 252 g/mol. The van der Waals surface area contributed by atoms with Crippen LogP contribution in [0.1, 0.15) is 13.8 Å². The first-order valence-corrected chi connectivity index (χ1v) is 6.13. The van der Waals surface area contributed by atoms with E-state index in [2.05, 4.69) is 26.2 Å². The Morgan fingerprint density at radius 2 is 2.38 bits per heavy atom. The van der Waals surface area contributed by atoms with E-state index in [9.17, 15) is 4.79 Å². The van der Waals surface area contributed by atoms with Gasteiger partial charge >= 0.3 is 0 Å². The Labute approximate surface area is 90.9 Å². The maximum atomic E-state index is 11.5. The van der Waals surface area contributed by atoms with Crippen LogP contribution >= 0.6 is 27.7 Å². The van der Waals surface area contributed by atoms with Crippen LogP contribution in [0.4, 0.5) is 0 Å². The minimum atomic E-state index is -0.128. The summed E-state index contributed by atoms with van der Waals surface area (Å²) in [5.41, 5.74) is 0. The first-order chi connectivity index (χ1) is 6.11. The third kappa shape index (κ3) is 3.31. The number of alkyl halides is 1. The fraction of sp³-hybridized carbons (Fsp3) is 0.750. The predicted octanol–water partition coefficient (Wildman–Crippen LogP) is 1.62. The fourth-order valence-corrected chi connectivity index (χ4v) is 1.73. The molecule has 0 aromatic heterocycles. The van der Waals surface area contributed by atoms with Crippen LogP contribution < -0.4 is 5.32 Å². The Kier molecular flexibility index (Phi) is 4.25. The number of aliphatic imine (C=N–C) groups is 1. The number of nitrogens with one attached hydrogen (secondary N) is 1. The van der Waals surface area contributed by atoms with Gasteiger partial charge in [0.25, 0.3) is 0 Å². The van der Waals surface area contributed by atoms with Crippen LogP contribution in [0.5, 0.6) is 0 Å². The van der Waals surface area contributed by atoms with Crippen molar-refractivity contribution in [3.63, 3.8) is 0 Å². The minimum Gasteiger partial charge on any atom is -0.304 e. The zero-order chi connectivity index (χ0) is 9.84. The van der Waals surface area contributed by atoms with Crippen molar-refractivity contribution in [2.24, 2.45) is 10.9 Å². The third-order valence-corrected chi connectivity index (χ3v) is 4.02. The Hall–Kier alpha value is -0.0300. The van der Waals surface area contributed by atoms with E-state index in [0.29, 0.717) is 5.92 Å². The summed E-state index contributed by atoms with van der Waals surface area (Å²) >= 11 is 4.94. The van der Waals surface area contributed by atoms with E-state index < -0.39 is 0 Å². The summed E-state index contributed by atoms with van der Waals surface area (Å²) in [5.74, 6) is 1.28. The first-order valence-electron chi connectivity index (χ1n) is 4.23. The highest BCUT2D eigenvalue weighted by Crippen LogP contribution is 2.14. The maximum absolute atomic E-state index is 11.5. The zero-order valence-electron chi connectivity index (χ0n) is 7.71. The van der Waals surface area contributed by atoms with Gasteiger partial charge in [-0.2, -0.15) is 0 Å². The van der Waals surface area contributed by atoms with E-state index >= 15 is 0 Å². The summed E-state index contributed by atoms with van der Waals surface area (Å²) < 4.78 is 0. The highest BCUT2D eigenvalue weighted by Gasteiger charge is 2.20. The number of hydrogen-bond donors (Lipinski definition) is 1. The van der Waals surface area contributed by atoms with E-state index in [0.717, 1.165) is 17.5 Å². The molecule has 3 nitrogen and oxygen atoms in total. The van der Waals surface area contributed by atoms with E-state index in [-0.39, 0.29) is 10.7 Å². The number of hydrogen-bond acceptors (Lipinski definition) is 3. The fourth-order valence-electron chi connectivity index (χ4n) is 0.888. The number of carbonyl (C=O) groups excluding carboxylic acids is 1. The standard InChI is InChI=1S/C8H13BrN2OS/c1-5(2)6(9)7(12)11-8-10-3-4-13-8/h5-6H,3-4H2,1-2H3,(H,10,11,12). The summed E-state index contributed by atoms with van der Waals surface area (Å²) in [6.07, 6.45) is 0. The normalized spacial score (nSPS) is 18.6. The second-order valence-corrected chi connectivity index (χ2v) is 5.24. The molecule has 0 saturated heterocycles. The second-order valence-electron chi connectivity index (χ2n) is 3.17. The van der Waals surface area contributed by atoms with Crippen LogP contribution in [-0.2, 0) is 4.79 Å². The topological polar surface area (TPSA) is 41.5 Å². The van der Waals surface area contributed by atoms with Crippen LogP contribution in [0, 0.1) is 5.92 Å². The van der Waals surface area contributed by atoms with E-state index in [1.165, 1.54) is 0 Å². The molecule has 1 unspecified atom stereocenters. The Morgan fingerprint density at radius 3 is 2.85 bits per heavy atom. The Morgan fingerprint density at radius 1 is 1.69 bits per heavy atom. The van der Waals surface area contributed by atoms with Gasteiger partial charge in [-0.3, -0.25) is 9.79 Å². The number of thioether (sulfide) groups is 1. The predicted molar refractivity (Wildman–Crippen MR) is 60.5 cm³/mol. The first kappa shape index (κ1) is 11.0. The van der Waals surface area contributed by atoms with Crippen molar-refractivity contribution >= 4 is 38.8 Å². The summed E-state index contributed by atoms with van der Waals surface area (Å²) in [6, 6.07) is 0. The number of amides is 1. The van der Waals surface area contributed by atoms with Gasteiger partial charge in [0.15, 0.2) is 5.17 Å². The lowest BCUT2D eigenvalue weighted by Gasteiger charge is -2.12. The lowest BCUT2D eigenvalue weighted by atomic mass is 10.1. The number of amidine groups is 1. The number of carbonyl (C=O) groups is 1. The van der Waals surface area contributed by atoms with Crippen molar-refractivity contribution < 1.29 is 4.79 Å². The average Bonchev–Trinajstić information content (AvgIpc) is 2.55. The molecule has 1 heterocycles. The molecular formula is C8H13BrN2OS. The molecule has 74 valence electrons. The largest absolute Gasteiger partial charge is 0.304 e. The average molecular weight is 265 g/mol. The van der Waals surface area contributed by atoms with Crippen LogP contribution in [0.25, 0.3) is 0 Å². The van der Waals surface area contributed by atoms with Gasteiger partial charge in [-0.1, -0.05) is 41.5 Å². The summed E-state index contributed by atoms with van der Waals surface area (Å²) in [6.45, 7) is 4.82. The quantitative estimate of drug-likeness (QED) is 0.771. The van der Waals surface area contributed by atoms with Gasteiger partial charge in [-0.25, -0.2) is 0 Å². The van der Waals surface area contributed by atoms with Crippen molar-refractivity contribution in [2.45, 2.75) is 18.7 Å². The molecule has 5 heteroatoms. The molecule has 1 N–H and O–H groups in total. The molecule has 1 amide bonds. The Bertz CT molecular complexity index is 230. The molecule has 0 aliphatic carbocycles. The van der Waals surface area contributed by atoms with Crippen LogP contribution in [0.3, 0.4) is 0 Å². The molecule has 1 rings (SSSR count). The maximum Gasteiger partial charge on any atom is 0.239 e. The molecule has 0 spiro atoms. The van der Waals surface area contributed by atoms with E-state index in [1.54, 1.807) is 11.8 Å². The molecule has 0 aromatic rings. The summed E-state index contributed by atoms with van der Waals surface area (Å²) in [5, 5.41) is 3.55. The van der Waals surface area contributed by atoms with Crippen molar-refractivity contribution in [1.82, 2.24) is 5.32 Å². The van der Waals surface area contributed by atoms with Crippen molar-refractivity contribution in [1.29, 1.82) is 0 Å². The van der Waals surface area contributed by atoms with Crippen molar-refractivity contribution in [2.75, 3.05) is 12.3 Å². The molecule has 1 aliphatic heterocycles. The monoisotopic (exact) mass is 264 g/mol. The summed E-state index contributed by atoms with van der Waals surface area (Å²) in [4.78, 5) is 15.5. The molecule has 0 aromatic carbocycles. The van der Waals surface area contributed by atoms with Crippen LogP contribution in [0.2, 0.25) is 0 Å². The second kappa shape index (κ2) is 5.00. The molecule has 13 heavy (non-hydrogen) atoms. The summed E-state index contributed by atoms with van der Waals surface area (Å²) in [7, 11) is 0. The van der Waals surface area contributed by atoms with Crippen molar-refractivity contribution in [3.8, 4) is 0 Å². The smallest absolute Gasteiger partial charge is 0.239 e. The highest BCUT2D eigenvalue weighted by molar-refractivity contribution is 9.10. The minimum absolute atomic E-state index is 0.00292. The molecule has 0 saturated carbocycles. The molecule has 0 bridgehead atoms. The van der Waals surface area contributed by atoms with Gasteiger partial charge in [-0.05, 0) is 5.92 Å². The van der Waals surface area contributed by atoms with Gasteiger partial charge in [0, 0.05) is 5.75 Å². The van der Waals surface area contributed by atoms with Crippen molar-refractivity contribution in [3.05, 3.63) is 0 Å². The van der Waals surface area contributed by atoms with Crippen LogP contribution in [0.15, 0.2) is 4.99 Å². The molecule has 0 fully saturated rings. The van der Waals surface area contributed by atoms with Gasteiger partial charge in [-0.15, -0.1) is 0 Å². The Balaban J connectivity index is 2.40. The SMILES string of the molecule is CC(C)C(Br)C(=O)NC1=NCCS1. The van der Waals surface area contributed by atoms with Gasteiger partial charge in [0.2, 0.25) is 5.91 Å². The van der Waals surface area contributed by atoms with Gasteiger partial charge < -0.3 is 5.32 Å².